The summed E-state index contributed by atoms with van der Waals surface area (Å²) in [6, 6.07) is 9.39. The molecule has 3 aromatic rings. The Morgan fingerprint density at radius 3 is 2.74 bits per heavy atom. The van der Waals surface area contributed by atoms with Gasteiger partial charge in [0, 0.05) is 23.1 Å². The number of carbonyl (C=O) groups is 1. The van der Waals surface area contributed by atoms with E-state index in [9.17, 15) is 14.0 Å². The van der Waals surface area contributed by atoms with E-state index in [1.165, 1.54) is 19.2 Å². The van der Waals surface area contributed by atoms with Crippen molar-refractivity contribution in [3.63, 3.8) is 0 Å². The predicted molar refractivity (Wildman–Crippen MR) is 104 cm³/mol. The maximum absolute atomic E-state index is 14.4. The van der Waals surface area contributed by atoms with Gasteiger partial charge in [-0.3, -0.25) is 9.59 Å². The fourth-order valence-corrected chi connectivity index (χ4v) is 2.96. The van der Waals surface area contributed by atoms with Crippen molar-refractivity contribution in [2.24, 2.45) is 0 Å². The normalized spacial score (nSPS) is 10.8. The van der Waals surface area contributed by atoms with Crippen LogP contribution in [0.5, 0.6) is 5.75 Å². The zero-order valence-electron chi connectivity index (χ0n) is 15.1. The Morgan fingerprint density at radius 2 is 2.04 bits per heavy atom. The van der Waals surface area contributed by atoms with Crippen molar-refractivity contribution in [1.29, 1.82) is 0 Å². The van der Waals surface area contributed by atoms with Crippen LogP contribution in [0.4, 0.5) is 10.1 Å². The molecule has 7 heteroatoms. The molecule has 0 unspecified atom stereocenters. The van der Waals surface area contributed by atoms with Crippen molar-refractivity contribution in [3.8, 4) is 16.9 Å². The second-order valence-electron chi connectivity index (χ2n) is 6.07. The summed E-state index contributed by atoms with van der Waals surface area (Å²) in [7, 11) is 1.49. The zero-order valence-corrected chi connectivity index (χ0v) is 15.1. The molecule has 4 N–H and O–H groups in total. The smallest absolute Gasteiger partial charge is 0.263 e. The molecule has 1 aromatic heterocycles. The van der Waals surface area contributed by atoms with E-state index in [0.717, 1.165) is 6.42 Å². The molecule has 0 fully saturated rings. The van der Waals surface area contributed by atoms with Gasteiger partial charge >= 0.3 is 0 Å². The van der Waals surface area contributed by atoms with Gasteiger partial charge in [-0.05, 0) is 24.6 Å². The summed E-state index contributed by atoms with van der Waals surface area (Å²) in [6.45, 7) is 2.34. The van der Waals surface area contributed by atoms with E-state index in [1.807, 2.05) is 6.92 Å². The molecular formula is C20H20FN3O3. The van der Waals surface area contributed by atoms with Crippen LogP contribution in [0.25, 0.3) is 22.0 Å². The van der Waals surface area contributed by atoms with Crippen LogP contribution in [-0.2, 0) is 0 Å². The van der Waals surface area contributed by atoms with Gasteiger partial charge in [0.05, 0.1) is 18.3 Å². The number of rotatable bonds is 5. The first-order valence-corrected chi connectivity index (χ1v) is 8.54. The van der Waals surface area contributed by atoms with Crippen LogP contribution >= 0.6 is 0 Å². The molecule has 0 spiro atoms. The molecule has 140 valence electrons. The second-order valence-corrected chi connectivity index (χ2v) is 6.07. The minimum atomic E-state index is -0.621. The molecule has 0 bridgehead atoms. The molecule has 6 nitrogen and oxygen atoms in total. The number of halogens is 1. The zero-order chi connectivity index (χ0) is 19.6. The number of nitrogens with one attached hydrogen (secondary N) is 2. The number of anilines is 1. The summed E-state index contributed by atoms with van der Waals surface area (Å²) in [5, 5.41) is 3.12. The molecule has 0 aliphatic heterocycles. The van der Waals surface area contributed by atoms with E-state index in [0.29, 0.717) is 28.8 Å². The maximum Gasteiger partial charge on any atom is 0.263 e. The molecule has 27 heavy (non-hydrogen) atoms. The minimum absolute atomic E-state index is 0.0625. The summed E-state index contributed by atoms with van der Waals surface area (Å²) >= 11 is 0. The molecule has 0 saturated heterocycles. The standard InChI is InChI=1S/C20H20FN3O3/c1-3-9-23-19(25)16-17(22)13-6-4-5-12(18(13)24-20(16)26)14-10-11(27-2)7-8-15(14)21/h4-8,10H,3,9H2,1-2H3,(H,23,25)(H3,22,24,26). The molecule has 0 aliphatic rings. The molecule has 3 rings (SSSR count). The van der Waals surface area contributed by atoms with Crippen LogP contribution in [-0.4, -0.2) is 24.5 Å². The summed E-state index contributed by atoms with van der Waals surface area (Å²) in [5.74, 6) is -0.516. The highest BCUT2D eigenvalue weighted by Gasteiger charge is 2.19. The van der Waals surface area contributed by atoms with Crippen molar-refractivity contribution in [3.05, 3.63) is 58.1 Å². The molecule has 0 radical (unpaired) electrons. The molecule has 0 aliphatic carbocycles. The van der Waals surface area contributed by atoms with E-state index >= 15 is 0 Å². The lowest BCUT2D eigenvalue weighted by molar-refractivity contribution is 0.0953. The number of amides is 1. The Balaban J connectivity index is 2.24. The Kier molecular flexibility index (Phi) is 5.12. The number of nitrogen functional groups attached to an aromatic ring is 1. The van der Waals surface area contributed by atoms with E-state index in [4.69, 9.17) is 10.5 Å². The number of H-pyrrole nitrogens is 1. The van der Waals surface area contributed by atoms with Gasteiger partial charge in [0.15, 0.2) is 0 Å². The predicted octanol–water partition coefficient (Wildman–Crippen LogP) is 3.06. The number of ether oxygens (including phenoxy) is 1. The van der Waals surface area contributed by atoms with Crippen LogP contribution in [0.1, 0.15) is 23.7 Å². The average molecular weight is 369 g/mol. The highest BCUT2D eigenvalue weighted by Crippen LogP contribution is 2.33. The average Bonchev–Trinajstić information content (AvgIpc) is 2.66. The maximum atomic E-state index is 14.4. The summed E-state index contributed by atoms with van der Waals surface area (Å²) < 4.78 is 19.6. The Hall–Kier alpha value is -3.35. The SMILES string of the molecule is CCCNC(=O)c1c(N)c2cccc(-c3cc(OC)ccc3F)c2[nH]c1=O. The Morgan fingerprint density at radius 1 is 1.26 bits per heavy atom. The van der Waals surface area contributed by atoms with Gasteiger partial charge in [-0.25, -0.2) is 4.39 Å². The van der Waals surface area contributed by atoms with Crippen molar-refractivity contribution < 1.29 is 13.9 Å². The first-order chi connectivity index (χ1) is 13.0. The van der Waals surface area contributed by atoms with Crippen molar-refractivity contribution in [2.45, 2.75) is 13.3 Å². The number of hydrogen-bond acceptors (Lipinski definition) is 4. The first kappa shape index (κ1) is 18.4. The number of benzene rings is 2. The number of aromatic amines is 1. The second kappa shape index (κ2) is 7.49. The van der Waals surface area contributed by atoms with Gasteiger partial charge in [0.1, 0.15) is 17.1 Å². The van der Waals surface area contributed by atoms with Gasteiger partial charge < -0.3 is 20.8 Å². The lowest BCUT2D eigenvalue weighted by Gasteiger charge is -2.13. The lowest BCUT2D eigenvalue weighted by Crippen LogP contribution is -2.31. The van der Waals surface area contributed by atoms with Crippen molar-refractivity contribution in [2.75, 3.05) is 19.4 Å². The quantitative estimate of drug-likeness (QED) is 0.644. The molecular weight excluding hydrogens is 349 g/mol. The van der Waals surface area contributed by atoms with Gasteiger partial charge in [-0.2, -0.15) is 0 Å². The van der Waals surface area contributed by atoms with Crippen molar-refractivity contribution >= 4 is 22.5 Å². The van der Waals surface area contributed by atoms with Crippen LogP contribution < -0.4 is 21.3 Å². The third-order valence-corrected chi connectivity index (χ3v) is 4.32. The van der Waals surface area contributed by atoms with E-state index in [1.54, 1.807) is 24.3 Å². The highest BCUT2D eigenvalue weighted by molar-refractivity contribution is 6.08. The number of aromatic nitrogens is 1. The van der Waals surface area contributed by atoms with Gasteiger partial charge in [-0.1, -0.05) is 25.1 Å². The molecule has 2 aromatic carbocycles. The van der Waals surface area contributed by atoms with Crippen LogP contribution in [0.3, 0.4) is 0 Å². The third-order valence-electron chi connectivity index (χ3n) is 4.32. The number of pyridine rings is 1. The van der Waals surface area contributed by atoms with Crippen LogP contribution in [0.2, 0.25) is 0 Å². The fourth-order valence-electron chi connectivity index (χ4n) is 2.96. The molecule has 1 heterocycles. The van der Waals surface area contributed by atoms with Crippen molar-refractivity contribution in [1.82, 2.24) is 10.3 Å². The first-order valence-electron chi connectivity index (χ1n) is 8.54. The number of carbonyl (C=O) groups excluding carboxylic acids is 1. The number of hydrogen-bond donors (Lipinski definition) is 3. The molecule has 0 saturated carbocycles. The van der Waals surface area contributed by atoms with Crippen LogP contribution in [0.15, 0.2) is 41.2 Å². The third kappa shape index (κ3) is 3.36. The van der Waals surface area contributed by atoms with E-state index in [2.05, 4.69) is 10.3 Å². The molecule has 0 atom stereocenters. The largest absolute Gasteiger partial charge is 0.497 e. The summed E-state index contributed by atoms with van der Waals surface area (Å²) in [6.07, 6.45) is 0.733. The van der Waals surface area contributed by atoms with E-state index in [-0.39, 0.29) is 16.8 Å². The van der Waals surface area contributed by atoms with Gasteiger partial charge in [-0.15, -0.1) is 0 Å². The van der Waals surface area contributed by atoms with Crippen LogP contribution in [0, 0.1) is 5.82 Å². The van der Waals surface area contributed by atoms with E-state index < -0.39 is 17.3 Å². The Bertz CT molecular complexity index is 1080. The summed E-state index contributed by atoms with van der Waals surface area (Å²) in [4.78, 5) is 27.5. The number of nitrogens with two attached hydrogens (primary N) is 1. The lowest BCUT2D eigenvalue weighted by atomic mass is 9.99. The number of methoxy groups -OCH3 is 1. The van der Waals surface area contributed by atoms with Gasteiger partial charge in [0.2, 0.25) is 0 Å². The number of para-hydroxylation sites is 1. The monoisotopic (exact) mass is 369 g/mol. The topological polar surface area (TPSA) is 97.2 Å². The van der Waals surface area contributed by atoms with Gasteiger partial charge in [0.25, 0.3) is 11.5 Å². The Labute approximate surface area is 155 Å². The number of fused-ring (bicyclic) bond motifs is 1. The fraction of sp³-hybridized carbons (Fsp3) is 0.200. The molecule has 1 amide bonds. The summed E-state index contributed by atoms with van der Waals surface area (Å²) in [5.41, 5.74) is 6.51. The minimum Gasteiger partial charge on any atom is -0.497 e. The highest BCUT2D eigenvalue weighted by atomic mass is 19.1.